The van der Waals surface area contributed by atoms with E-state index in [4.69, 9.17) is 16.3 Å². The van der Waals surface area contributed by atoms with Gasteiger partial charge < -0.3 is 10.1 Å². The molecule has 3 aromatic rings. The van der Waals surface area contributed by atoms with Crippen molar-refractivity contribution in [1.82, 2.24) is 0 Å². The molecule has 142 valence electrons. The average molecular weight is 393 g/mol. The molecule has 0 atom stereocenters. The van der Waals surface area contributed by atoms with Gasteiger partial charge in [-0.15, -0.1) is 0 Å². The van der Waals surface area contributed by atoms with Gasteiger partial charge in [0.25, 0.3) is 5.91 Å². The van der Waals surface area contributed by atoms with Crippen LogP contribution in [0.25, 0.3) is 0 Å². The van der Waals surface area contributed by atoms with E-state index >= 15 is 0 Å². The number of halogens is 1. The third kappa shape index (κ3) is 5.44. The van der Waals surface area contributed by atoms with E-state index in [0.717, 1.165) is 22.4 Å². The van der Waals surface area contributed by atoms with E-state index in [0.29, 0.717) is 16.5 Å². The molecular formula is C23H21ClN2O2. The average Bonchev–Trinajstić information content (AvgIpc) is 2.69. The lowest BCUT2D eigenvalue weighted by Crippen LogP contribution is -2.20. The van der Waals surface area contributed by atoms with Crippen LogP contribution in [0.15, 0.2) is 71.7 Å². The Bertz CT molecular complexity index is 1010. The first-order valence-electron chi connectivity index (χ1n) is 8.90. The highest BCUT2D eigenvalue weighted by molar-refractivity contribution is 6.31. The van der Waals surface area contributed by atoms with E-state index in [9.17, 15) is 4.79 Å². The Balaban J connectivity index is 1.59. The Morgan fingerprint density at radius 3 is 2.64 bits per heavy atom. The third-order valence-electron chi connectivity index (χ3n) is 4.15. The van der Waals surface area contributed by atoms with E-state index in [1.807, 2.05) is 68.4 Å². The molecule has 0 unspecified atom stereocenters. The van der Waals surface area contributed by atoms with Crippen molar-refractivity contribution in [3.63, 3.8) is 0 Å². The highest BCUT2D eigenvalue weighted by Gasteiger charge is 2.05. The second-order valence-corrected chi connectivity index (χ2v) is 6.83. The lowest BCUT2D eigenvalue weighted by molar-refractivity contribution is -0.118. The highest BCUT2D eigenvalue weighted by atomic mass is 35.5. The standard InChI is InChI=1S/C23H21ClN2O2/c1-16-10-11-19(13-21(16)24)26-23(27)15-28-20-8-5-7-18(12-20)14-25-22-9-4-3-6-17(22)2/h3-14H,15H2,1-2H3,(H,26,27). The number of hydrogen-bond acceptors (Lipinski definition) is 3. The van der Waals surface area contributed by atoms with E-state index in [1.165, 1.54) is 0 Å². The van der Waals surface area contributed by atoms with E-state index in [2.05, 4.69) is 10.3 Å². The van der Waals surface area contributed by atoms with Crippen molar-refractivity contribution < 1.29 is 9.53 Å². The number of anilines is 1. The summed E-state index contributed by atoms with van der Waals surface area (Å²) in [4.78, 5) is 16.6. The molecule has 1 N–H and O–H groups in total. The van der Waals surface area contributed by atoms with Crippen molar-refractivity contribution in [2.75, 3.05) is 11.9 Å². The number of aliphatic imine (C=N–C) groups is 1. The minimum absolute atomic E-state index is 0.0934. The zero-order chi connectivity index (χ0) is 19.9. The second-order valence-electron chi connectivity index (χ2n) is 6.42. The molecule has 3 aromatic carbocycles. The van der Waals surface area contributed by atoms with Crippen LogP contribution in [-0.4, -0.2) is 18.7 Å². The van der Waals surface area contributed by atoms with Gasteiger partial charge in [0.15, 0.2) is 6.61 Å². The number of para-hydroxylation sites is 1. The quantitative estimate of drug-likeness (QED) is 0.545. The summed E-state index contributed by atoms with van der Waals surface area (Å²) in [5.41, 5.74) is 4.53. The molecule has 0 heterocycles. The summed E-state index contributed by atoms with van der Waals surface area (Å²) in [5.74, 6) is 0.352. The van der Waals surface area contributed by atoms with Crippen LogP contribution in [0.5, 0.6) is 5.75 Å². The van der Waals surface area contributed by atoms with Crippen molar-refractivity contribution in [2.24, 2.45) is 4.99 Å². The predicted octanol–water partition coefficient (Wildman–Crippen LogP) is 5.72. The van der Waals surface area contributed by atoms with Gasteiger partial charge in [-0.1, -0.05) is 48.0 Å². The summed E-state index contributed by atoms with van der Waals surface area (Å²) >= 11 is 6.08. The number of nitrogens with zero attached hydrogens (tertiary/aromatic N) is 1. The summed E-state index contributed by atoms with van der Waals surface area (Å²) in [6.45, 7) is 3.84. The SMILES string of the molecule is Cc1ccc(NC(=O)COc2cccc(C=Nc3ccccc3C)c2)cc1Cl. The van der Waals surface area contributed by atoms with Gasteiger partial charge >= 0.3 is 0 Å². The molecule has 5 heteroatoms. The minimum atomic E-state index is -0.251. The van der Waals surface area contributed by atoms with Crippen LogP contribution < -0.4 is 10.1 Å². The summed E-state index contributed by atoms with van der Waals surface area (Å²) in [7, 11) is 0. The molecule has 0 saturated heterocycles. The molecule has 0 spiro atoms. The molecule has 0 fully saturated rings. The molecule has 0 bridgehead atoms. The molecule has 0 saturated carbocycles. The van der Waals surface area contributed by atoms with Gasteiger partial charge in [0.1, 0.15) is 5.75 Å². The molecule has 0 aliphatic heterocycles. The van der Waals surface area contributed by atoms with Gasteiger partial charge in [0, 0.05) is 16.9 Å². The van der Waals surface area contributed by atoms with E-state index in [-0.39, 0.29) is 12.5 Å². The number of carbonyl (C=O) groups excluding carboxylic acids is 1. The molecule has 0 aliphatic rings. The lowest BCUT2D eigenvalue weighted by Gasteiger charge is -2.09. The van der Waals surface area contributed by atoms with Crippen LogP contribution >= 0.6 is 11.6 Å². The van der Waals surface area contributed by atoms with Crippen molar-refractivity contribution >= 4 is 35.1 Å². The summed E-state index contributed by atoms with van der Waals surface area (Å²) in [6.07, 6.45) is 1.78. The normalized spacial score (nSPS) is 10.8. The summed E-state index contributed by atoms with van der Waals surface area (Å²) < 4.78 is 5.60. The maximum atomic E-state index is 12.1. The zero-order valence-electron chi connectivity index (χ0n) is 15.8. The Hall–Kier alpha value is -3.11. The van der Waals surface area contributed by atoms with Crippen LogP contribution in [0.3, 0.4) is 0 Å². The monoisotopic (exact) mass is 392 g/mol. The Labute approximate surface area is 169 Å². The molecule has 0 aromatic heterocycles. The lowest BCUT2D eigenvalue weighted by atomic mass is 10.2. The van der Waals surface area contributed by atoms with E-state index in [1.54, 1.807) is 18.3 Å². The van der Waals surface area contributed by atoms with Crippen LogP contribution in [0, 0.1) is 13.8 Å². The van der Waals surface area contributed by atoms with Crippen LogP contribution in [0.4, 0.5) is 11.4 Å². The van der Waals surface area contributed by atoms with Crippen LogP contribution in [0.2, 0.25) is 5.02 Å². The van der Waals surface area contributed by atoms with Gasteiger partial charge in [-0.05, 0) is 60.9 Å². The number of rotatable bonds is 6. The maximum absolute atomic E-state index is 12.1. The van der Waals surface area contributed by atoms with Crippen LogP contribution in [-0.2, 0) is 4.79 Å². The van der Waals surface area contributed by atoms with Gasteiger partial charge in [0.05, 0.1) is 5.69 Å². The molecule has 1 amide bonds. The van der Waals surface area contributed by atoms with Crippen LogP contribution in [0.1, 0.15) is 16.7 Å². The Kier molecular flexibility index (Phi) is 6.45. The van der Waals surface area contributed by atoms with Crippen molar-refractivity contribution in [3.8, 4) is 5.75 Å². The first-order chi connectivity index (χ1) is 13.5. The number of nitrogens with one attached hydrogen (secondary N) is 1. The number of hydrogen-bond donors (Lipinski definition) is 1. The fraction of sp³-hybridized carbons (Fsp3) is 0.130. The number of amides is 1. The molecular weight excluding hydrogens is 372 g/mol. The smallest absolute Gasteiger partial charge is 0.262 e. The predicted molar refractivity (Wildman–Crippen MR) is 115 cm³/mol. The van der Waals surface area contributed by atoms with Crippen molar-refractivity contribution in [1.29, 1.82) is 0 Å². The number of ether oxygens (including phenoxy) is 1. The third-order valence-corrected chi connectivity index (χ3v) is 4.56. The molecule has 0 radical (unpaired) electrons. The fourth-order valence-electron chi connectivity index (χ4n) is 2.55. The minimum Gasteiger partial charge on any atom is -0.484 e. The summed E-state index contributed by atoms with van der Waals surface area (Å²) in [6, 6.07) is 20.8. The molecule has 3 rings (SSSR count). The largest absolute Gasteiger partial charge is 0.484 e. The second kappa shape index (κ2) is 9.20. The Morgan fingerprint density at radius 2 is 1.86 bits per heavy atom. The molecule has 4 nitrogen and oxygen atoms in total. The summed E-state index contributed by atoms with van der Waals surface area (Å²) in [5, 5.41) is 3.38. The van der Waals surface area contributed by atoms with Gasteiger partial charge in [-0.25, -0.2) is 0 Å². The zero-order valence-corrected chi connectivity index (χ0v) is 16.5. The Morgan fingerprint density at radius 1 is 1.04 bits per heavy atom. The topological polar surface area (TPSA) is 50.7 Å². The van der Waals surface area contributed by atoms with Gasteiger partial charge in [0.2, 0.25) is 0 Å². The highest BCUT2D eigenvalue weighted by Crippen LogP contribution is 2.20. The van der Waals surface area contributed by atoms with Gasteiger partial charge in [-0.2, -0.15) is 0 Å². The number of benzene rings is 3. The first-order valence-corrected chi connectivity index (χ1v) is 9.27. The van der Waals surface area contributed by atoms with Crippen molar-refractivity contribution in [2.45, 2.75) is 13.8 Å². The van der Waals surface area contributed by atoms with E-state index < -0.39 is 0 Å². The maximum Gasteiger partial charge on any atom is 0.262 e. The first kappa shape index (κ1) is 19.6. The fourth-order valence-corrected chi connectivity index (χ4v) is 2.73. The van der Waals surface area contributed by atoms with Gasteiger partial charge in [-0.3, -0.25) is 9.79 Å². The number of aryl methyl sites for hydroxylation is 2. The van der Waals surface area contributed by atoms with Crippen molar-refractivity contribution in [3.05, 3.63) is 88.4 Å². The number of carbonyl (C=O) groups is 1. The molecule has 28 heavy (non-hydrogen) atoms. The molecule has 0 aliphatic carbocycles.